The molecule has 0 N–H and O–H groups in total. The Morgan fingerprint density at radius 2 is 1.78 bits per heavy atom. The van der Waals surface area contributed by atoms with Gasteiger partial charge in [-0.3, -0.25) is 0 Å². The van der Waals surface area contributed by atoms with Gasteiger partial charge < -0.3 is 14.2 Å². The van der Waals surface area contributed by atoms with Crippen LogP contribution in [0.15, 0.2) is 12.2 Å². The lowest BCUT2D eigenvalue weighted by Crippen LogP contribution is -2.36. The molecule has 0 fully saturated rings. The molecule has 0 aliphatic carbocycles. The second-order valence-corrected chi connectivity index (χ2v) is 6.22. The monoisotopic (exact) mass is 274 g/mol. The van der Waals surface area contributed by atoms with E-state index in [-0.39, 0.29) is 17.6 Å². The highest BCUT2D eigenvalue weighted by molar-refractivity contribution is 6.38. The number of hydrogen-bond acceptors (Lipinski definition) is 4. The van der Waals surface area contributed by atoms with Crippen LogP contribution in [0.3, 0.4) is 0 Å². The van der Waals surface area contributed by atoms with E-state index < -0.39 is 9.52 Å². The summed E-state index contributed by atoms with van der Waals surface area (Å²) in [5.41, 5.74) is 0.400. The van der Waals surface area contributed by atoms with Crippen molar-refractivity contribution in [2.75, 3.05) is 13.2 Å². The summed E-state index contributed by atoms with van der Waals surface area (Å²) in [6.07, 6.45) is 1.84. The predicted molar refractivity (Wildman–Crippen MR) is 75.2 cm³/mol. The molecule has 0 spiro atoms. The van der Waals surface area contributed by atoms with Crippen LogP contribution in [-0.2, 0) is 19.0 Å². The predicted octanol–water partition coefficient (Wildman–Crippen LogP) is 1.76. The highest BCUT2D eigenvalue weighted by Gasteiger charge is 2.21. The van der Waals surface area contributed by atoms with Crippen molar-refractivity contribution in [3.63, 3.8) is 0 Å². The first-order chi connectivity index (χ1) is 8.54. The fourth-order valence-corrected chi connectivity index (χ4v) is 3.63. The maximum absolute atomic E-state index is 11.5. The van der Waals surface area contributed by atoms with Crippen LogP contribution < -0.4 is 0 Å². The molecule has 5 heteroatoms. The van der Waals surface area contributed by atoms with Crippen molar-refractivity contribution in [2.24, 2.45) is 0 Å². The van der Waals surface area contributed by atoms with E-state index in [0.29, 0.717) is 18.8 Å². The Labute approximate surface area is 113 Å². The van der Waals surface area contributed by atoms with Gasteiger partial charge in [0.15, 0.2) is 0 Å². The Kier molecular flexibility index (Phi) is 9.91. The third-order valence-electron chi connectivity index (χ3n) is 2.39. The Morgan fingerprint density at radius 1 is 1.22 bits per heavy atom. The van der Waals surface area contributed by atoms with Gasteiger partial charge in [-0.1, -0.05) is 19.9 Å². The third-order valence-corrected chi connectivity index (χ3v) is 4.35. The molecule has 1 atom stereocenters. The van der Waals surface area contributed by atoms with Gasteiger partial charge in [0.2, 0.25) is 0 Å². The molecule has 0 aromatic carbocycles. The number of rotatable bonds is 10. The molecule has 0 aromatic heterocycles. The van der Waals surface area contributed by atoms with Crippen molar-refractivity contribution in [1.82, 2.24) is 0 Å². The van der Waals surface area contributed by atoms with E-state index in [4.69, 9.17) is 14.2 Å². The van der Waals surface area contributed by atoms with Crippen molar-refractivity contribution >= 4 is 15.5 Å². The van der Waals surface area contributed by atoms with Crippen molar-refractivity contribution in [3.05, 3.63) is 12.2 Å². The summed E-state index contributed by atoms with van der Waals surface area (Å²) in [6.45, 7) is 12.4. The smallest absolute Gasteiger partial charge is 0.333 e. The Balaban J connectivity index is 4.37. The highest BCUT2D eigenvalue weighted by Crippen LogP contribution is 2.08. The summed E-state index contributed by atoms with van der Waals surface area (Å²) < 4.78 is 16.5. The average molecular weight is 274 g/mol. The van der Waals surface area contributed by atoms with Crippen molar-refractivity contribution in [3.8, 4) is 0 Å². The standard InChI is InChI=1S/C13H26O4Si/c1-6-9-11(17-12(14)10(4)5)18-13(15-7-2)16-8-3/h11,13H,4,6-9,18H2,1-3,5H3. The second-order valence-electron chi connectivity index (χ2n) is 4.17. The zero-order chi connectivity index (χ0) is 14.0. The maximum Gasteiger partial charge on any atom is 0.333 e. The molecule has 106 valence electrons. The Bertz CT molecular complexity index is 249. The number of hydrogen-bond donors (Lipinski definition) is 0. The van der Waals surface area contributed by atoms with Gasteiger partial charge in [0, 0.05) is 18.8 Å². The minimum absolute atomic E-state index is 0.0395. The lowest BCUT2D eigenvalue weighted by molar-refractivity contribution is -0.141. The Hall–Kier alpha value is -0.653. The van der Waals surface area contributed by atoms with E-state index in [1.54, 1.807) is 6.92 Å². The molecule has 0 rings (SSSR count). The molecule has 4 nitrogen and oxygen atoms in total. The van der Waals surface area contributed by atoms with Crippen LogP contribution in [0.4, 0.5) is 0 Å². The van der Waals surface area contributed by atoms with Crippen LogP contribution in [0.5, 0.6) is 0 Å². The van der Waals surface area contributed by atoms with Crippen molar-refractivity contribution < 1.29 is 19.0 Å². The molecule has 0 aromatic rings. The van der Waals surface area contributed by atoms with Crippen LogP contribution in [0, 0.1) is 0 Å². The SMILES string of the molecule is C=C(C)C(=O)OC(CCC)[SiH2]C(OCC)OCC. The van der Waals surface area contributed by atoms with Crippen LogP contribution in [0.2, 0.25) is 0 Å². The van der Waals surface area contributed by atoms with Crippen molar-refractivity contribution in [1.29, 1.82) is 0 Å². The van der Waals surface area contributed by atoms with Crippen molar-refractivity contribution in [2.45, 2.75) is 52.2 Å². The molecule has 0 amide bonds. The van der Waals surface area contributed by atoms with Crippen LogP contribution >= 0.6 is 0 Å². The summed E-state index contributed by atoms with van der Waals surface area (Å²) >= 11 is 0. The summed E-state index contributed by atoms with van der Waals surface area (Å²) in [6, 6.07) is 0. The molecule has 0 aliphatic rings. The third kappa shape index (κ3) is 7.63. The highest BCUT2D eigenvalue weighted by atomic mass is 28.2. The van der Waals surface area contributed by atoms with Gasteiger partial charge in [0.25, 0.3) is 0 Å². The van der Waals surface area contributed by atoms with E-state index in [0.717, 1.165) is 12.8 Å². The van der Waals surface area contributed by atoms with Gasteiger partial charge in [0.1, 0.15) is 15.4 Å². The van der Waals surface area contributed by atoms with Gasteiger partial charge in [-0.15, -0.1) is 0 Å². The number of esters is 1. The molecule has 0 aliphatic heterocycles. The molecule has 1 unspecified atom stereocenters. The molecular formula is C13H26O4Si. The summed E-state index contributed by atoms with van der Waals surface area (Å²) in [7, 11) is -0.797. The topological polar surface area (TPSA) is 44.8 Å². The normalized spacial score (nSPS) is 13.2. The first kappa shape index (κ1) is 17.3. The average Bonchev–Trinajstić information content (AvgIpc) is 2.29. The molecule has 0 radical (unpaired) electrons. The zero-order valence-corrected chi connectivity index (χ0v) is 13.4. The van der Waals surface area contributed by atoms with Gasteiger partial charge in [-0.05, 0) is 27.2 Å². The summed E-state index contributed by atoms with van der Waals surface area (Å²) in [5.74, 6) is -0.484. The largest absolute Gasteiger partial charge is 0.463 e. The number of ether oxygens (including phenoxy) is 3. The lowest BCUT2D eigenvalue weighted by atomic mass is 10.3. The molecule has 0 saturated heterocycles. The van der Waals surface area contributed by atoms with E-state index in [1.165, 1.54) is 0 Å². The molecule has 18 heavy (non-hydrogen) atoms. The Morgan fingerprint density at radius 3 is 2.17 bits per heavy atom. The minimum atomic E-state index is -0.797. The van der Waals surface area contributed by atoms with Crippen LogP contribution in [-0.4, -0.2) is 40.3 Å². The molecule has 0 bridgehead atoms. The molecule has 0 saturated carbocycles. The van der Waals surface area contributed by atoms with Gasteiger partial charge in [-0.25, -0.2) is 4.79 Å². The summed E-state index contributed by atoms with van der Waals surface area (Å²) in [5, 5.41) is 0. The fraction of sp³-hybridized carbons (Fsp3) is 0.769. The van der Waals surface area contributed by atoms with Gasteiger partial charge >= 0.3 is 5.97 Å². The van der Waals surface area contributed by atoms with Gasteiger partial charge in [-0.2, -0.15) is 0 Å². The quantitative estimate of drug-likeness (QED) is 0.263. The maximum atomic E-state index is 11.5. The number of carbonyl (C=O) groups excluding carboxylic acids is 1. The first-order valence-electron chi connectivity index (χ1n) is 6.64. The minimum Gasteiger partial charge on any atom is -0.463 e. The number of carbonyl (C=O) groups is 1. The van der Waals surface area contributed by atoms with E-state index in [2.05, 4.69) is 13.5 Å². The lowest BCUT2D eigenvalue weighted by Gasteiger charge is -2.23. The second kappa shape index (κ2) is 10.3. The first-order valence-corrected chi connectivity index (χ1v) is 8.28. The van der Waals surface area contributed by atoms with E-state index >= 15 is 0 Å². The molecular weight excluding hydrogens is 248 g/mol. The van der Waals surface area contributed by atoms with E-state index in [1.807, 2.05) is 13.8 Å². The van der Waals surface area contributed by atoms with Gasteiger partial charge in [0.05, 0.1) is 5.73 Å². The molecule has 0 heterocycles. The fourth-order valence-electron chi connectivity index (χ4n) is 1.57. The zero-order valence-electron chi connectivity index (χ0n) is 12.0. The van der Waals surface area contributed by atoms with E-state index in [9.17, 15) is 4.79 Å². The summed E-state index contributed by atoms with van der Waals surface area (Å²) in [4.78, 5) is 11.5. The van der Waals surface area contributed by atoms with Crippen LogP contribution in [0.1, 0.15) is 40.5 Å². The van der Waals surface area contributed by atoms with Crippen LogP contribution in [0.25, 0.3) is 0 Å².